The summed E-state index contributed by atoms with van der Waals surface area (Å²) in [6.45, 7) is 2.65. The van der Waals surface area contributed by atoms with Crippen molar-refractivity contribution in [2.45, 2.75) is 33.0 Å². The average Bonchev–Trinajstić information content (AvgIpc) is 2.60. The Kier molecular flexibility index (Phi) is 8.50. The number of nitrogens with one attached hydrogen (secondary N) is 1. The highest BCUT2D eigenvalue weighted by atomic mass is 19.4. The molecule has 0 radical (unpaired) electrons. The Bertz CT molecular complexity index is 699. The van der Waals surface area contributed by atoms with Crippen LogP contribution in [0.15, 0.2) is 41.6 Å². The Balaban J connectivity index is 3.31. The maximum absolute atomic E-state index is 13.0. The summed E-state index contributed by atoms with van der Waals surface area (Å²) in [6, 6.07) is 8.53. The summed E-state index contributed by atoms with van der Waals surface area (Å²) in [5.74, 6) is -4.73. The molecule has 0 aliphatic carbocycles. The van der Waals surface area contributed by atoms with Gasteiger partial charge in [0.15, 0.2) is 0 Å². The van der Waals surface area contributed by atoms with E-state index in [1.54, 1.807) is 30.3 Å². The standard InChI is InChI=1S/C18H20F3NO5/c1-3-26-14(23)10-13(22-11-12-8-6-5-7-9-12)15(17(25)27-4-2)16(24)18(19,20)21/h5-9,22H,3-4,10-11H2,1-2H3/b15-13-. The highest BCUT2D eigenvalue weighted by Crippen LogP contribution is 2.24. The Labute approximate surface area is 154 Å². The lowest BCUT2D eigenvalue weighted by atomic mass is 10.1. The van der Waals surface area contributed by atoms with E-state index < -0.39 is 41.6 Å². The van der Waals surface area contributed by atoms with E-state index in [9.17, 15) is 27.6 Å². The van der Waals surface area contributed by atoms with Crippen LogP contribution >= 0.6 is 0 Å². The number of hydrogen-bond acceptors (Lipinski definition) is 6. The molecule has 1 aromatic carbocycles. The van der Waals surface area contributed by atoms with Gasteiger partial charge in [-0.25, -0.2) is 4.79 Å². The predicted octanol–water partition coefficient (Wildman–Crippen LogP) is 2.68. The van der Waals surface area contributed by atoms with Gasteiger partial charge in [0.2, 0.25) is 0 Å². The molecule has 0 fully saturated rings. The number of ether oxygens (including phenoxy) is 2. The Morgan fingerprint density at radius 3 is 2.11 bits per heavy atom. The number of hydrogen-bond donors (Lipinski definition) is 1. The quantitative estimate of drug-likeness (QED) is 0.304. The molecule has 0 unspecified atom stereocenters. The minimum Gasteiger partial charge on any atom is -0.466 e. The number of carbonyl (C=O) groups excluding carboxylic acids is 3. The Morgan fingerprint density at radius 2 is 1.59 bits per heavy atom. The number of alkyl halides is 3. The molecule has 0 aliphatic rings. The molecule has 0 amide bonds. The topological polar surface area (TPSA) is 81.7 Å². The van der Waals surface area contributed by atoms with Gasteiger partial charge in [0, 0.05) is 12.2 Å². The molecule has 0 aromatic heterocycles. The summed E-state index contributed by atoms with van der Waals surface area (Å²) in [6.07, 6.45) is -6.02. The second-order valence-electron chi connectivity index (χ2n) is 5.22. The summed E-state index contributed by atoms with van der Waals surface area (Å²) in [5.41, 5.74) is -1.09. The molecule has 0 saturated heterocycles. The van der Waals surface area contributed by atoms with E-state index in [4.69, 9.17) is 4.74 Å². The van der Waals surface area contributed by atoms with Gasteiger partial charge in [-0.1, -0.05) is 30.3 Å². The lowest BCUT2D eigenvalue weighted by molar-refractivity contribution is -0.168. The predicted molar refractivity (Wildman–Crippen MR) is 89.3 cm³/mol. The number of rotatable bonds is 9. The second-order valence-corrected chi connectivity index (χ2v) is 5.22. The molecule has 27 heavy (non-hydrogen) atoms. The van der Waals surface area contributed by atoms with Gasteiger partial charge in [-0.3, -0.25) is 9.59 Å². The SMILES string of the molecule is CCOC(=O)C/C(NCc1ccccc1)=C(/C(=O)OCC)C(=O)C(F)(F)F. The normalized spacial score (nSPS) is 12.0. The molecule has 0 bridgehead atoms. The van der Waals surface area contributed by atoms with Crippen molar-refractivity contribution in [3.8, 4) is 0 Å². The van der Waals surface area contributed by atoms with Crippen LogP contribution in [0.3, 0.4) is 0 Å². The molecule has 0 atom stereocenters. The van der Waals surface area contributed by atoms with Gasteiger partial charge in [-0.15, -0.1) is 0 Å². The number of esters is 2. The van der Waals surface area contributed by atoms with Crippen molar-refractivity contribution in [3.05, 3.63) is 47.2 Å². The summed E-state index contributed by atoms with van der Waals surface area (Å²) in [7, 11) is 0. The smallest absolute Gasteiger partial charge is 0.455 e. The molecule has 0 heterocycles. The molecule has 6 nitrogen and oxygen atoms in total. The fraction of sp³-hybridized carbons (Fsp3) is 0.389. The van der Waals surface area contributed by atoms with Crippen LogP contribution in [0.5, 0.6) is 0 Å². The summed E-state index contributed by atoms with van der Waals surface area (Å²) in [4.78, 5) is 35.6. The Morgan fingerprint density at radius 1 is 1.00 bits per heavy atom. The van der Waals surface area contributed by atoms with Gasteiger partial charge >= 0.3 is 18.1 Å². The average molecular weight is 387 g/mol. The van der Waals surface area contributed by atoms with Crippen LogP contribution in [0.4, 0.5) is 13.2 Å². The van der Waals surface area contributed by atoms with Gasteiger partial charge in [0.25, 0.3) is 5.78 Å². The van der Waals surface area contributed by atoms with E-state index in [0.29, 0.717) is 5.56 Å². The third-order valence-corrected chi connectivity index (χ3v) is 3.24. The van der Waals surface area contributed by atoms with Crippen molar-refractivity contribution in [1.29, 1.82) is 0 Å². The van der Waals surface area contributed by atoms with E-state index in [1.807, 2.05) is 0 Å². The molecule has 1 N–H and O–H groups in total. The summed E-state index contributed by atoms with van der Waals surface area (Å²) >= 11 is 0. The molecule has 0 spiro atoms. The van der Waals surface area contributed by atoms with Crippen molar-refractivity contribution in [2.24, 2.45) is 0 Å². The first-order valence-electron chi connectivity index (χ1n) is 8.15. The van der Waals surface area contributed by atoms with Crippen molar-refractivity contribution < 1.29 is 37.0 Å². The molecule has 0 saturated carbocycles. The van der Waals surface area contributed by atoms with E-state index >= 15 is 0 Å². The van der Waals surface area contributed by atoms with Crippen LogP contribution in [0.1, 0.15) is 25.8 Å². The van der Waals surface area contributed by atoms with Gasteiger partial charge in [0.1, 0.15) is 5.57 Å². The van der Waals surface area contributed by atoms with Gasteiger partial charge < -0.3 is 14.8 Å². The highest BCUT2D eigenvalue weighted by molar-refractivity contribution is 6.20. The first-order chi connectivity index (χ1) is 12.7. The van der Waals surface area contributed by atoms with E-state index in [0.717, 1.165) is 0 Å². The minimum absolute atomic E-state index is 0.00719. The number of Topliss-reactive ketones (excluding diaryl/α,β-unsaturated/α-hetero) is 1. The fourth-order valence-electron chi connectivity index (χ4n) is 2.10. The van der Waals surface area contributed by atoms with Gasteiger partial charge in [-0.05, 0) is 19.4 Å². The van der Waals surface area contributed by atoms with Crippen LogP contribution in [0.2, 0.25) is 0 Å². The molecule has 1 rings (SSSR count). The second kappa shape index (κ2) is 10.3. The molecular formula is C18H20F3NO5. The Hall–Kier alpha value is -2.84. The number of benzene rings is 1. The van der Waals surface area contributed by atoms with E-state index in [2.05, 4.69) is 10.1 Å². The zero-order valence-electron chi connectivity index (χ0n) is 14.9. The highest BCUT2D eigenvalue weighted by Gasteiger charge is 2.45. The zero-order chi connectivity index (χ0) is 20.4. The van der Waals surface area contributed by atoms with Crippen LogP contribution in [0, 0.1) is 0 Å². The maximum Gasteiger partial charge on any atom is 0.455 e. The first-order valence-corrected chi connectivity index (χ1v) is 8.15. The van der Waals surface area contributed by atoms with Crippen molar-refractivity contribution >= 4 is 17.7 Å². The van der Waals surface area contributed by atoms with Crippen LogP contribution in [-0.4, -0.2) is 37.1 Å². The lowest BCUT2D eigenvalue weighted by Crippen LogP contribution is -2.33. The van der Waals surface area contributed by atoms with E-state index in [-0.39, 0.29) is 19.8 Å². The van der Waals surface area contributed by atoms with Crippen molar-refractivity contribution in [1.82, 2.24) is 5.32 Å². The summed E-state index contributed by atoms with van der Waals surface area (Å²) in [5, 5.41) is 2.57. The minimum atomic E-state index is -5.31. The van der Waals surface area contributed by atoms with Crippen molar-refractivity contribution in [2.75, 3.05) is 13.2 Å². The molecular weight excluding hydrogens is 367 g/mol. The first kappa shape index (κ1) is 22.2. The largest absolute Gasteiger partial charge is 0.466 e. The van der Waals surface area contributed by atoms with Crippen LogP contribution < -0.4 is 5.32 Å². The third kappa shape index (κ3) is 7.12. The lowest BCUT2D eigenvalue weighted by Gasteiger charge is -2.16. The molecule has 0 aliphatic heterocycles. The number of ketones is 1. The number of carbonyl (C=O) groups is 3. The summed E-state index contributed by atoms with van der Waals surface area (Å²) < 4.78 is 48.2. The zero-order valence-corrected chi connectivity index (χ0v) is 14.9. The van der Waals surface area contributed by atoms with Gasteiger partial charge in [-0.2, -0.15) is 13.2 Å². The van der Waals surface area contributed by atoms with Crippen molar-refractivity contribution in [3.63, 3.8) is 0 Å². The van der Waals surface area contributed by atoms with Crippen LogP contribution in [-0.2, 0) is 30.4 Å². The fourth-order valence-corrected chi connectivity index (χ4v) is 2.10. The van der Waals surface area contributed by atoms with E-state index in [1.165, 1.54) is 13.8 Å². The number of halogens is 3. The molecule has 1 aromatic rings. The maximum atomic E-state index is 13.0. The van der Waals surface area contributed by atoms with Crippen LogP contribution in [0.25, 0.3) is 0 Å². The molecule has 148 valence electrons. The third-order valence-electron chi connectivity index (χ3n) is 3.24. The monoisotopic (exact) mass is 387 g/mol. The van der Waals surface area contributed by atoms with Gasteiger partial charge in [0.05, 0.1) is 19.6 Å². The molecule has 9 heteroatoms.